The molecule has 0 atom stereocenters. The predicted molar refractivity (Wildman–Crippen MR) is 65.7 cm³/mol. The number of rotatable bonds is 4. The number of hydrogen-bond acceptors (Lipinski definition) is 2. The highest BCUT2D eigenvalue weighted by Gasteiger charge is 2.27. The number of hydrogen-bond donors (Lipinski definition) is 1. The molecular weight excluding hydrogens is 218 g/mol. The van der Waals surface area contributed by atoms with Gasteiger partial charge in [-0.05, 0) is 33.6 Å². The summed E-state index contributed by atoms with van der Waals surface area (Å²) in [5, 5.41) is 8.89. The molecule has 1 fully saturated rings. The van der Waals surface area contributed by atoms with Gasteiger partial charge in [-0.2, -0.15) is 0 Å². The third-order valence-corrected chi connectivity index (χ3v) is 3.57. The second-order valence-corrected chi connectivity index (χ2v) is 4.58. The van der Waals surface area contributed by atoms with Crippen LogP contribution >= 0.6 is 0 Å². The average Bonchev–Trinajstić information content (AvgIpc) is 2.81. The highest BCUT2D eigenvalue weighted by molar-refractivity contribution is 6.01. The van der Waals surface area contributed by atoms with E-state index in [-0.39, 0.29) is 11.5 Å². The molecule has 0 aromatic rings. The van der Waals surface area contributed by atoms with E-state index in [4.69, 9.17) is 5.11 Å². The molecule has 1 aliphatic rings. The van der Waals surface area contributed by atoms with Crippen molar-refractivity contribution in [3.8, 4) is 0 Å². The number of carbonyl (C=O) groups excluding carboxylic acids is 1. The van der Waals surface area contributed by atoms with E-state index in [1.807, 2.05) is 11.8 Å². The Morgan fingerprint density at radius 2 is 1.71 bits per heavy atom. The lowest BCUT2D eigenvalue weighted by Crippen LogP contribution is -2.39. The molecule has 4 heteroatoms. The van der Waals surface area contributed by atoms with Gasteiger partial charge in [-0.25, -0.2) is 4.79 Å². The molecule has 17 heavy (non-hydrogen) atoms. The van der Waals surface area contributed by atoms with Crippen LogP contribution in [0.3, 0.4) is 0 Å². The summed E-state index contributed by atoms with van der Waals surface area (Å²) in [6.45, 7) is 5.68. The molecule has 0 radical (unpaired) electrons. The fourth-order valence-electron chi connectivity index (χ4n) is 2.32. The lowest BCUT2D eigenvalue weighted by Gasteiger charge is -2.28. The Hall–Kier alpha value is -1.32. The summed E-state index contributed by atoms with van der Waals surface area (Å²) in [4.78, 5) is 24.9. The Balaban J connectivity index is 2.85. The molecule has 0 heterocycles. The third-order valence-electron chi connectivity index (χ3n) is 3.57. The number of carboxylic acids is 1. The van der Waals surface area contributed by atoms with E-state index in [1.54, 1.807) is 6.92 Å². The zero-order valence-electron chi connectivity index (χ0n) is 10.8. The number of likely N-dealkylation sites (N-methyl/N-ethyl adjacent to an activating group) is 1. The molecule has 1 rings (SSSR count). The van der Waals surface area contributed by atoms with Gasteiger partial charge in [0.15, 0.2) is 0 Å². The second-order valence-electron chi connectivity index (χ2n) is 4.58. The number of carbonyl (C=O) groups is 2. The largest absolute Gasteiger partial charge is 0.478 e. The molecule has 1 saturated carbocycles. The standard InChI is InChI=1S/C13H21NO3/c1-4-14(11-7-5-6-8-11)12(15)9(2)10(3)13(16)17/h11H,4-8H2,1-3H3,(H,16,17). The van der Waals surface area contributed by atoms with E-state index >= 15 is 0 Å². The van der Waals surface area contributed by atoms with Crippen molar-refractivity contribution < 1.29 is 14.7 Å². The molecule has 0 unspecified atom stereocenters. The zero-order chi connectivity index (χ0) is 13.0. The van der Waals surface area contributed by atoms with E-state index in [9.17, 15) is 9.59 Å². The van der Waals surface area contributed by atoms with Crippen LogP contribution in [-0.2, 0) is 9.59 Å². The molecular formula is C13H21NO3. The number of aliphatic carboxylic acids is 1. The van der Waals surface area contributed by atoms with Crippen molar-refractivity contribution in [2.24, 2.45) is 0 Å². The Kier molecular flexibility index (Phi) is 4.73. The zero-order valence-corrected chi connectivity index (χ0v) is 10.8. The van der Waals surface area contributed by atoms with Gasteiger partial charge < -0.3 is 10.0 Å². The van der Waals surface area contributed by atoms with Crippen LogP contribution in [0.4, 0.5) is 0 Å². The Bertz CT molecular complexity index is 341. The van der Waals surface area contributed by atoms with Gasteiger partial charge in [-0.1, -0.05) is 12.8 Å². The van der Waals surface area contributed by atoms with E-state index < -0.39 is 5.97 Å². The summed E-state index contributed by atoms with van der Waals surface area (Å²) in [5.41, 5.74) is 0.498. The maximum atomic E-state index is 12.2. The molecule has 0 bridgehead atoms. The molecule has 0 saturated heterocycles. The van der Waals surface area contributed by atoms with Crippen LogP contribution < -0.4 is 0 Å². The molecule has 0 aromatic carbocycles. The number of carboxylic acid groups (broad SMARTS) is 1. The maximum absolute atomic E-state index is 12.2. The first-order valence-corrected chi connectivity index (χ1v) is 6.20. The van der Waals surface area contributed by atoms with Gasteiger partial charge in [-0.15, -0.1) is 0 Å². The molecule has 0 aromatic heterocycles. The van der Waals surface area contributed by atoms with Gasteiger partial charge in [-0.3, -0.25) is 4.79 Å². The van der Waals surface area contributed by atoms with Crippen LogP contribution in [0.5, 0.6) is 0 Å². The normalized spacial score (nSPS) is 17.8. The summed E-state index contributed by atoms with van der Waals surface area (Å²) in [6.07, 6.45) is 4.40. The minimum Gasteiger partial charge on any atom is -0.478 e. The van der Waals surface area contributed by atoms with E-state index in [2.05, 4.69) is 0 Å². The van der Waals surface area contributed by atoms with Gasteiger partial charge in [0.25, 0.3) is 0 Å². The van der Waals surface area contributed by atoms with Crippen LogP contribution in [0, 0.1) is 0 Å². The first kappa shape index (κ1) is 13.7. The van der Waals surface area contributed by atoms with Crippen molar-refractivity contribution >= 4 is 11.9 Å². The minimum absolute atomic E-state index is 0.126. The summed E-state index contributed by atoms with van der Waals surface area (Å²) in [6, 6.07) is 0.295. The number of amides is 1. The molecule has 1 amide bonds. The van der Waals surface area contributed by atoms with Crippen molar-refractivity contribution in [1.29, 1.82) is 0 Å². The molecule has 0 aliphatic heterocycles. The van der Waals surface area contributed by atoms with Gasteiger partial charge in [0.1, 0.15) is 0 Å². The van der Waals surface area contributed by atoms with Gasteiger partial charge in [0, 0.05) is 23.7 Å². The fourth-order valence-corrected chi connectivity index (χ4v) is 2.32. The van der Waals surface area contributed by atoms with E-state index in [0.717, 1.165) is 25.7 Å². The SMILES string of the molecule is CCN(C(=O)C(C)=C(C)C(=O)O)C1CCCC1. The fraction of sp³-hybridized carbons (Fsp3) is 0.692. The first-order valence-electron chi connectivity index (χ1n) is 6.20. The molecule has 96 valence electrons. The molecule has 1 N–H and O–H groups in total. The van der Waals surface area contributed by atoms with Gasteiger partial charge in [0.2, 0.25) is 5.91 Å². The van der Waals surface area contributed by atoms with Crippen LogP contribution in [0.25, 0.3) is 0 Å². The summed E-state index contributed by atoms with van der Waals surface area (Å²) in [7, 11) is 0. The van der Waals surface area contributed by atoms with Crippen LogP contribution in [0.1, 0.15) is 46.5 Å². The van der Waals surface area contributed by atoms with Crippen molar-refractivity contribution in [1.82, 2.24) is 4.90 Å². The van der Waals surface area contributed by atoms with Crippen LogP contribution in [-0.4, -0.2) is 34.5 Å². The molecule has 0 spiro atoms. The number of nitrogens with zero attached hydrogens (tertiary/aromatic N) is 1. The Morgan fingerprint density at radius 3 is 2.12 bits per heavy atom. The van der Waals surface area contributed by atoms with Crippen molar-refractivity contribution in [3.63, 3.8) is 0 Å². The van der Waals surface area contributed by atoms with E-state index in [1.165, 1.54) is 6.92 Å². The molecule has 1 aliphatic carbocycles. The van der Waals surface area contributed by atoms with Crippen molar-refractivity contribution in [2.75, 3.05) is 6.54 Å². The van der Waals surface area contributed by atoms with Crippen LogP contribution in [0.2, 0.25) is 0 Å². The van der Waals surface area contributed by atoms with Gasteiger partial charge in [0.05, 0.1) is 0 Å². The predicted octanol–water partition coefficient (Wildman–Crippen LogP) is 2.20. The lowest BCUT2D eigenvalue weighted by atomic mass is 10.1. The minimum atomic E-state index is -1.02. The smallest absolute Gasteiger partial charge is 0.331 e. The van der Waals surface area contributed by atoms with Gasteiger partial charge >= 0.3 is 5.97 Å². The Labute approximate surface area is 102 Å². The first-order chi connectivity index (χ1) is 7.99. The second kappa shape index (κ2) is 5.84. The maximum Gasteiger partial charge on any atom is 0.331 e. The summed E-state index contributed by atoms with van der Waals surface area (Å²) >= 11 is 0. The quantitative estimate of drug-likeness (QED) is 0.765. The average molecular weight is 239 g/mol. The topological polar surface area (TPSA) is 57.6 Å². The van der Waals surface area contributed by atoms with Crippen molar-refractivity contribution in [3.05, 3.63) is 11.1 Å². The summed E-state index contributed by atoms with van der Waals surface area (Å²) in [5.74, 6) is -1.14. The highest BCUT2D eigenvalue weighted by atomic mass is 16.4. The van der Waals surface area contributed by atoms with Crippen molar-refractivity contribution in [2.45, 2.75) is 52.5 Å². The highest BCUT2D eigenvalue weighted by Crippen LogP contribution is 2.24. The third kappa shape index (κ3) is 3.08. The summed E-state index contributed by atoms with van der Waals surface area (Å²) < 4.78 is 0. The molecule has 4 nitrogen and oxygen atoms in total. The lowest BCUT2D eigenvalue weighted by molar-refractivity contribution is -0.134. The van der Waals surface area contributed by atoms with Crippen LogP contribution in [0.15, 0.2) is 11.1 Å². The van der Waals surface area contributed by atoms with E-state index in [0.29, 0.717) is 18.2 Å². The monoisotopic (exact) mass is 239 g/mol. The Morgan fingerprint density at radius 1 is 1.18 bits per heavy atom.